The van der Waals surface area contributed by atoms with Gasteiger partial charge in [0.2, 0.25) is 5.91 Å². The Labute approximate surface area is 170 Å². The van der Waals surface area contributed by atoms with Gasteiger partial charge in [0, 0.05) is 19.5 Å². The third-order valence-electron chi connectivity index (χ3n) is 4.74. The molecule has 0 saturated heterocycles. The molecule has 1 aromatic heterocycles. The Morgan fingerprint density at radius 1 is 1.21 bits per heavy atom. The van der Waals surface area contributed by atoms with Crippen molar-refractivity contribution in [3.05, 3.63) is 77.7 Å². The number of amides is 2. The van der Waals surface area contributed by atoms with Gasteiger partial charge in [-0.15, -0.1) is 0 Å². The van der Waals surface area contributed by atoms with Crippen LogP contribution in [0.2, 0.25) is 0 Å². The quantitative estimate of drug-likeness (QED) is 0.713. The standard InChI is InChI=1S/C21H19N3O4S/c1-24-18-9-5-6-10-19(18)29(27)13-17(21(24)26)22-20(25)16-12-15(28-23-16)11-14-7-3-2-4-8-14/h2-10,12,17H,11,13H2,1H3,(H,22,25)/t17?,29-/m1/s1. The summed E-state index contributed by atoms with van der Waals surface area (Å²) in [5.41, 5.74) is 1.70. The number of carbonyl (C=O) groups is 2. The van der Waals surface area contributed by atoms with Crippen LogP contribution in [0.15, 0.2) is 70.1 Å². The number of fused-ring (bicyclic) bond motifs is 1. The van der Waals surface area contributed by atoms with E-state index < -0.39 is 22.7 Å². The molecule has 2 heterocycles. The molecule has 1 unspecified atom stereocenters. The number of hydrogen-bond acceptors (Lipinski definition) is 5. The normalized spacial score (nSPS) is 18.8. The SMILES string of the molecule is CN1C(=O)C(NC(=O)c2cc(Cc3ccccc3)on2)C[S@@](=O)c2ccccc21. The zero-order valence-electron chi connectivity index (χ0n) is 15.7. The molecule has 1 aliphatic heterocycles. The van der Waals surface area contributed by atoms with E-state index in [1.54, 1.807) is 37.4 Å². The predicted octanol–water partition coefficient (Wildman–Crippen LogP) is 2.15. The Kier molecular flexibility index (Phi) is 5.26. The van der Waals surface area contributed by atoms with Crippen molar-refractivity contribution in [1.82, 2.24) is 10.5 Å². The number of para-hydroxylation sites is 1. The van der Waals surface area contributed by atoms with Crippen LogP contribution in [0.25, 0.3) is 0 Å². The highest BCUT2D eigenvalue weighted by molar-refractivity contribution is 7.85. The fourth-order valence-corrected chi connectivity index (χ4v) is 4.60. The van der Waals surface area contributed by atoms with E-state index in [2.05, 4.69) is 10.5 Å². The minimum atomic E-state index is -1.42. The van der Waals surface area contributed by atoms with E-state index in [4.69, 9.17) is 4.52 Å². The minimum Gasteiger partial charge on any atom is -0.360 e. The maximum atomic E-state index is 12.8. The molecule has 3 aromatic rings. The van der Waals surface area contributed by atoms with Gasteiger partial charge in [0.15, 0.2) is 5.69 Å². The number of rotatable bonds is 4. The Balaban J connectivity index is 1.49. The lowest BCUT2D eigenvalue weighted by atomic mass is 10.1. The van der Waals surface area contributed by atoms with E-state index >= 15 is 0 Å². The number of benzene rings is 2. The Hall–Kier alpha value is -3.26. The zero-order valence-corrected chi connectivity index (χ0v) is 16.5. The fourth-order valence-electron chi connectivity index (χ4n) is 3.23. The molecule has 2 amide bonds. The van der Waals surface area contributed by atoms with Gasteiger partial charge < -0.3 is 14.7 Å². The highest BCUT2D eigenvalue weighted by Crippen LogP contribution is 2.27. The van der Waals surface area contributed by atoms with Gasteiger partial charge in [-0.25, -0.2) is 0 Å². The van der Waals surface area contributed by atoms with E-state index in [1.807, 2.05) is 30.3 Å². The van der Waals surface area contributed by atoms with E-state index in [1.165, 1.54) is 4.90 Å². The molecule has 4 rings (SSSR count). The number of likely N-dealkylation sites (N-methyl/N-ethyl adjacent to an activating group) is 1. The van der Waals surface area contributed by atoms with Crippen molar-refractivity contribution in [3.63, 3.8) is 0 Å². The van der Waals surface area contributed by atoms with E-state index in [9.17, 15) is 13.8 Å². The van der Waals surface area contributed by atoms with Crippen LogP contribution in [0.3, 0.4) is 0 Å². The average Bonchev–Trinajstić information content (AvgIpc) is 3.18. The average molecular weight is 409 g/mol. The number of hydrogen-bond donors (Lipinski definition) is 1. The third-order valence-corrected chi connectivity index (χ3v) is 6.21. The van der Waals surface area contributed by atoms with Crippen molar-refractivity contribution in [2.75, 3.05) is 17.7 Å². The molecule has 0 aliphatic carbocycles. The first kappa shape index (κ1) is 19.1. The summed E-state index contributed by atoms with van der Waals surface area (Å²) in [5.74, 6) is -0.324. The summed E-state index contributed by atoms with van der Waals surface area (Å²) in [6.45, 7) is 0. The van der Waals surface area contributed by atoms with Crippen LogP contribution in [0.1, 0.15) is 21.8 Å². The first-order chi connectivity index (χ1) is 14.0. The minimum absolute atomic E-state index is 0.000645. The monoisotopic (exact) mass is 409 g/mol. The molecule has 2 atom stereocenters. The lowest BCUT2D eigenvalue weighted by Gasteiger charge is -2.20. The fraction of sp³-hybridized carbons (Fsp3) is 0.190. The van der Waals surface area contributed by atoms with Crippen LogP contribution in [0.5, 0.6) is 0 Å². The molecular formula is C21H19N3O4S. The third kappa shape index (κ3) is 3.97. The van der Waals surface area contributed by atoms with Crippen molar-refractivity contribution in [3.8, 4) is 0 Å². The van der Waals surface area contributed by atoms with Gasteiger partial charge in [0.1, 0.15) is 11.8 Å². The maximum absolute atomic E-state index is 12.8. The molecule has 0 bridgehead atoms. The molecule has 7 nitrogen and oxygen atoms in total. The van der Waals surface area contributed by atoms with Gasteiger partial charge in [0.25, 0.3) is 5.91 Å². The van der Waals surface area contributed by atoms with E-state index in [-0.39, 0.29) is 17.4 Å². The summed E-state index contributed by atoms with van der Waals surface area (Å²) in [4.78, 5) is 27.4. The first-order valence-corrected chi connectivity index (χ1v) is 10.4. The van der Waals surface area contributed by atoms with Crippen LogP contribution < -0.4 is 10.2 Å². The van der Waals surface area contributed by atoms with E-state index in [0.29, 0.717) is 22.8 Å². The summed E-state index contributed by atoms with van der Waals surface area (Å²) >= 11 is 0. The smallest absolute Gasteiger partial charge is 0.274 e. The number of nitrogens with one attached hydrogen (secondary N) is 1. The van der Waals surface area contributed by atoms with Crippen molar-refractivity contribution >= 4 is 28.3 Å². The number of aromatic nitrogens is 1. The summed E-state index contributed by atoms with van der Waals surface area (Å²) in [7, 11) is 0.189. The molecule has 148 valence electrons. The molecular weight excluding hydrogens is 390 g/mol. The van der Waals surface area contributed by atoms with Gasteiger partial charge in [0.05, 0.1) is 27.1 Å². The summed E-state index contributed by atoms with van der Waals surface area (Å²) in [6.07, 6.45) is 0.505. The van der Waals surface area contributed by atoms with Crippen LogP contribution in [0, 0.1) is 0 Å². The molecule has 1 N–H and O–H groups in total. The predicted molar refractivity (Wildman–Crippen MR) is 108 cm³/mol. The highest BCUT2D eigenvalue weighted by atomic mass is 32.2. The lowest BCUT2D eigenvalue weighted by Crippen LogP contribution is -2.49. The van der Waals surface area contributed by atoms with Crippen LogP contribution in [-0.2, 0) is 22.0 Å². The Morgan fingerprint density at radius 2 is 1.93 bits per heavy atom. The van der Waals surface area contributed by atoms with Gasteiger partial charge in [-0.1, -0.05) is 47.6 Å². The van der Waals surface area contributed by atoms with Gasteiger partial charge in [-0.05, 0) is 17.7 Å². The molecule has 1 aliphatic rings. The van der Waals surface area contributed by atoms with Crippen molar-refractivity contribution in [2.24, 2.45) is 0 Å². The van der Waals surface area contributed by atoms with Crippen molar-refractivity contribution < 1.29 is 18.3 Å². The summed E-state index contributed by atoms with van der Waals surface area (Å²) in [5, 5.41) is 6.47. The second-order valence-electron chi connectivity index (χ2n) is 6.74. The van der Waals surface area contributed by atoms with E-state index in [0.717, 1.165) is 5.56 Å². The molecule has 0 radical (unpaired) electrons. The number of anilines is 1. The molecule has 0 fully saturated rings. The van der Waals surface area contributed by atoms with Crippen LogP contribution >= 0.6 is 0 Å². The summed E-state index contributed by atoms with van der Waals surface area (Å²) in [6, 6.07) is 17.3. The summed E-state index contributed by atoms with van der Waals surface area (Å²) < 4.78 is 17.9. The topological polar surface area (TPSA) is 92.5 Å². The molecule has 0 saturated carbocycles. The van der Waals surface area contributed by atoms with Crippen LogP contribution in [-0.4, -0.2) is 40.0 Å². The largest absolute Gasteiger partial charge is 0.360 e. The molecule has 8 heteroatoms. The maximum Gasteiger partial charge on any atom is 0.274 e. The number of nitrogens with zero attached hydrogens (tertiary/aromatic N) is 2. The second kappa shape index (κ2) is 8.00. The lowest BCUT2D eigenvalue weighted by molar-refractivity contribution is -0.119. The Bertz CT molecular complexity index is 1080. The molecule has 29 heavy (non-hydrogen) atoms. The molecule has 2 aromatic carbocycles. The van der Waals surface area contributed by atoms with Crippen molar-refractivity contribution in [1.29, 1.82) is 0 Å². The van der Waals surface area contributed by atoms with Crippen LogP contribution in [0.4, 0.5) is 5.69 Å². The van der Waals surface area contributed by atoms with Gasteiger partial charge >= 0.3 is 0 Å². The van der Waals surface area contributed by atoms with Gasteiger partial charge in [-0.3, -0.25) is 13.8 Å². The van der Waals surface area contributed by atoms with Gasteiger partial charge in [-0.2, -0.15) is 0 Å². The second-order valence-corrected chi connectivity index (χ2v) is 8.21. The number of carbonyl (C=O) groups excluding carboxylic acids is 2. The molecule has 0 spiro atoms. The first-order valence-electron chi connectivity index (χ1n) is 9.08. The van der Waals surface area contributed by atoms with Crippen molar-refractivity contribution in [2.45, 2.75) is 17.4 Å². The highest BCUT2D eigenvalue weighted by Gasteiger charge is 2.33. The zero-order chi connectivity index (χ0) is 20.4. The Morgan fingerprint density at radius 3 is 2.72 bits per heavy atom.